The zero-order chi connectivity index (χ0) is 14.4. The number of hydrogen-bond acceptors (Lipinski definition) is 3. The lowest BCUT2D eigenvalue weighted by Crippen LogP contribution is -2.18. The highest BCUT2D eigenvalue weighted by molar-refractivity contribution is 8.03. The number of thiocyanates is 1. The third kappa shape index (κ3) is 3.62. The van der Waals surface area contributed by atoms with Gasteiger partial charge in [-0.15, -0.1) is 0 Å². The van der Waals surface area contributed by atoms with Crippen LogP contribution in [-0.2, 0) is 4.79 Å². The molecule has 0 unspecified atom stereocenters. The Morgan fingerprint density at radius 2 is 1.80 bits per heavy atom. The first-order valence-corrected chi connectivity index (χ1v) is 7.04. The van der Waals surface area contributed by atoms with Crippen LogP contribution < -0.4 is 5.32 Å². The molecule has 1 amide bonds. The number of rotatable bonds is 4. The molecule has 0 saturated carbocycles. The number of nitriles is 1. The van der Waals surface area contributed by atoms with Crippen LogP contribution in [0.25, 0.3) is 0 Å². The number of nitrogens with one attached hydrogen (secondary N) is 1. The van der Waals surface area contributed by atoms with E-state index in [0.717, 1.165) is 27.9 Å². The van der Waals surface area contributed by atoms with E-state index in [2.05, 4.69) is 5.32 Å². The monoisotopic (exact) mass is 282 g/mol. The Morgan fingerprint density at radius 1 is 1.15 bits per heavy atom. The summed E-state index contributed by atoms with van der Waals surface area (Å²) in [7, 11) is 0. The van der Waals surface area contributed by atoms with Crippen molar-refractivity contribution in [2.24, 2.45) is 0 Å². The van der Waals surface area contributed by atoms with Gasteiger partial charge in [0.05, 0.1) is 5.92 Å². The first-order valence-electron chi connectivity index (χ1n) is 6.22. The second kappa shape index (κ2) is 6.78. The van der Waals surface area contributed by atoms with Crippen LogP contribution in [0.2, 0.25) is 0 Å². The zero-order valence-corrected chi connectivity index (χ0v) is 11.9. The van der Waals surface area contributed by atoms with Gasteiger partial charge >= 0.3 is 0 Å². The fraction of sp³-hybridized carbons (Fsp3) is 0.125. The standard InChI is InChI=1S/C16H14N2OS/c1-12(13-5-3-2-4-6-13)16(19)18-14-7-9-15(10-8-14)20-11-17/h2-10,12H,1H3,(H,18,19)/t12-/m1/s1. The summed E-state index contributed by atoms with van der Waals surface area (Å²) < 4.78 is 0. The molecule has 0 aliphatic heterocycles. The van der Waals surface area contributed by atoms with Gasteiger partial charge in [-0.2, -0.15) is 5.26 Å². The van der Waals surface area contributed by atoms with Gasteiger partial charge in [0.2, 0.25) is 5.91 Å². The smallest absolute Gasteiger partial charge is 0.231 e. The summed E-state index contributed by atoms with van der Waals surface area (Å²) in [6.07, 6.45) is 0. The van der Waals surface area contributed by atoms with Crippen LogP contribution in [0.1, 0.15) is 18.4 Å². The minimum atomic E-state index is -0.204. The van der Waals surface area contributed by atoms with Crippen molar-refractivity contribution >= 4 is 23.4 Å². The highest BCUT2D eigenvalue weighted by Crippen LogP contribution is 2.21. The molecule has 0 aliphatic carbocycles. The van der Waals surface area contributed by atoms with Crippen molar-refractivity contribution in [2.45, 2.75) is 17.7 Å². The number of carbonyl (C=O) groups excluding carboxylic acids is 1. The Balaban J connectivity index is 2.03. The van der Waals surface area contributed by atoms with Crippen LogP contribution in [0.4, 0.5) is 5.69 Å². The topological polar surface area (TPSA) is 52.9 Å². The molecule has 20 heavy (non-hydrogen) atoms. The summed E-state index contributed by atoms with van der Waals surface area (Å²) in [6.45, 7) is 1.88. The van der Waals surface area contributed by atoms with Crippen LogP contribution in [0, 0.1) is 10.7 Å². The predicted molar refractivity (Wildman–Crippen MR) is 81.4 cm³/mol. The molecule has 2 aromatic carbocycles. The Morgan fingerprint density at radius 3 is 2.40 bits per heavy atom. The van der Waals surface area contributed by atoms with Crippen molar-refractivity contribution in [3.63, 3.8) is 0 Å². The van der Waals surface area contributed by atoms with Crippen molar-refractivity contribution in [1.29, 1.82) is 5.26 Å². The Kier molecular flexibility index (Phi) is 4.80. The largest absolute Gasteiger partial charge is 0.326 e. The first kappa shape index (κ1) is 14.2. The van der Waals surface area contributed by atoms with E-state index in [9.17, 15) is 4.79 Å². The van der Waals surface area contributed by atoms with Crippen molar-refractivity contribution in [3.8, 4) is 5.40 Å². The molecule has 3 nitrogen and oxygen atoms in total. The molecule has 2 aromatic rings. The summed E-state index contributed by atoms with van der Waals surface area (Å²) in [5.41, 5.74) is 1.72. The maximum Gasteiger partial charge on any atom is 0.231 e. The lowest BCUT2D eigenvalue weighted by molar-refractivity contribution is -0.117. The number of amides is 1. The van der Waals surface area contributed by atoms with E-state index < -0.39 is 0 Å². The van der Waals surface area contributed by atoms with Crippen LogP contribution in [0.15, 0.2) is 59.5 Å². The van der Waals surface area contributed by atoms with Gasteiger partial charge in [0.1, 0.15) is 5.40 Å². The molecule has 0 aromatic heterocycles. The van der Waals surface area contributed by atoms with Crippen molar-refractivity contribution in [1.82, 2.24) is 0 Å². The Labute approximate surface area is 122 Å². The third-order valence-electron chi connectivity index (χ3n) is 2.98. The lowest BCUT2D eigenvalue weighted by Gasteiger charge is -2.12. The predicted octanol–water partition coefficient (Wildman–Crippen LogP) is 4.00. The second-order valence-corrected chi connectivity index (χ2v) is 5.20. The molecule has 0 bridgehead atoms. The molecule has 1 N–H and O–H groups in total. The maximum absolute atomic E-state index is 12.2. The number of hydrogen-bond donors (Lipinski definition) is 1. The van der Waals surface area contributed by atoms with Gasteiger partial charge in [0, 0.05) is 10.6 Å². The highest BCUT2D eigenvalue weighted by atomic mass is 32.2. The summed E-state index contributed by atoms with van der Waals surface area (Å²) >= 11 is 1.10. The second-order valence-electron chi connectivity index (χ2n) is 4.34. The third-order valence-corrected chi connectivity index (χ3v) is 3.58. The molecule has 4 heteroatoms. The molecule has 0 spiro atoms. The molecule has 0 saturated heterocycles. The minimum absolute atomic E-state index is 0.0445. The van der Waals surface area contributed by atoms with Crippen molar-refractivity contribution < 1.29 is 4.79 Å². The fourth-order valence-corrected chi connectivity index (χ4v) is 2.18. The number of anilines is 1. The van der Waals surface area contributed by atoms with E-state index >= 15 is 0 Å². The zero-order valence-electron chi connectivity index (χ0n) is 11.0. The number of carbonyl (C=O) groups is 1. The van der Waals surface area contributed by atoms with E-state index in [1.807, 2.05) is 54.8 Å². The van der Waals surface area contributed by atoms with Crippen LogP contribution in [-0.4, -0.2) is 5.91 Å². The normalized spacial score (nSPS) is 11.4. The SMILES string of the molecule is C[C@@H](C(=O)Nc1ccc(SC#N)cc1)c1ccccc1. The van der Waals surface area contributed by atoms with Crippen LogP contribution in [0.3, 0.4) is 0 Å². The molecule has 2 rings (SSSR count). The minimum Gasteiger partial charge on any atom is -0.326 e. The lowest BCUT2D eigenvalue weighted by atomic mass is 10.0. The van der Waals surface area contributed by atoms with E-state index in [0.29, 0.717) is 0 Å². The van der Waals surface area contributed by atoms with Crippen LogP contribution in [0.5, 0.6) is 0 Å². The van der Waals surface area contributed by atoms with Gasteiger partial charge in [-0.05, 0) is 48.5 Å². The average Bonchev–Trinajstić information content (AvgIpc) is 2.49. The maximum atomic E-state index is 12.2. The Bertz CT molecular complexity index is 617. The van der Waals surface area contributed by atoms with Gasteiger partial charge < -0.3 is 5.32 Å². The summed E-state index contributed by atoms with van der Waals surface area (Å²) in [5.74, 6) is -0.249. The summed E-state index contributed by atoms with van der Waals surface area (Å²) in [4.78, 5) is 13.0. The van der Waals surface area contributed by atoms with E-state index in [4.69, 9.17) is 5.26 Å². The molecule has 0 radical (unpaired) electrons. The van der Waals surface area contributed by atoms with Gasteiger partial charge in [-0.1, -0.05) is 30.3 Å². The average molecular weight is 282 g/mol. The molecule has 0 heterocycles. The number of thioether (sulfide) groups is 1. The fourth-order valence-electron chi connectivity index (χ4n) is 1.80. The summed E-state index contributed by atoms with van der Waals surface area (Å²) in [5, 5.41) is 13.5. The molecular formula is C16H14N2OS. The van der Waals surface area contributed by atoms with Gasteiger partial charge in [0.15, 0.2) is 0 Å². The van der Waals surface area contributed by atoms with E-state index in [1.165, 1.54) is 0 Å². The van der Waals surface area contributed by atoms with Gasteiger partial charge in [0.25, 0.3) is 0 Å². The van der Waals surface area contributed by atoms with Crippen molar-refractivity contribution in [2.75, 3.05) is 5.32 Å². The van der Waals surface area contributed by atoms with Crippen LogP contribution >= 0.6 is 11.8 Å². The summed E-state index contributed by atoms with van der Waals surface area (Å²) in [6, 6.07) is 16.9. The highest BCUT2D eigenvalue weighted by Gasteiger charge is 2.14. The van der Waals surface area contributed by atoms with Gasteiger partial charge in [-0.3, -0.25) is 4.79 Å². The van der Waals surface area contributed by atoms with E-state index in [-0.39, 0.29) is 11.8 Å². The molecule has 0 fully saturated rings. The number of nitrogens with zero attached hydrogens (tertiary/aromatic N) is 1. The molecule has 100 valence electrons. The first-order chi connectivity index (χ1) is 9.70. The molecular weight excluding hydrogens is 268 g/mol. The Hall–Kier alpha value is -2.25. The number of benzene rings is 2. The molecule has 1 atom stereocenters. The quantitative estimate of drug-likeness (QED) is 0.681. The van der Waals surface area contributed by atoms with Gasteiger partial charge in [-0.25, -0.2) is 0 Å². The molecule has 0 aliphatic rings. The van der Waals surface area contributed by atoms with E-state index in [1.54, 1.807) is 12.1 Å². The van der Waals surface area contributed by atoms with Crippen molar-refractivity contribution in [3.05, 3.63) is 60.2 Å².